The molecule has 1 fully saturated rings. The van der Waals surface area contributed by atoms with Gasteiger partial charge in [-0.25, -0.2) is 0 Å². The van der Waals surface area contributed by atoms with Crippen molar-refractivity contribution in [2.24, 2.45) is 0 Å². The Bertz CT molecular complexity index is 875. The number of nitrogens with zero attached hydrogens (tertiary/aromatic N) is 2. The van der Waals surface area contributed by atoms with Crippen LogP contribution >= 0.6 is 0 Å². The van der Waals surface area contributed by atoms with Crippen LogP contribution in [0.4, 0.5) is 0 Å². The topological polar surface area (TPSA) is 67.5 Å². The lowest BCUT2D eigenvalue weighted by atomic mass is 9.91. The van der Waals surface area contributed by atoms with Crippen molar-refractivity contribution in [3.05, 3.63) is 24.1 Å². The average Bonchev–Trinajstić information content (AvgIpc) is 3.16. The Morgan fingerprint density at radius 2 is 2.04 bits per heavy atom. The van der Waals surface area contributed by atoms with Crippen LogP contribution in [0, 0.1) is 0 Å². The summed E-state index contributed by atoms with van der Waals surface area (Å²) < 4.78 is 7.46. The van der Waals surface area contributed by atoms with E-state index in [4.69, 9.17) is 4.42 Å². The SMILES string of the molecule is CC[C@@H](C)N1C(=O)c2cc3occc3n2C[C@@]1(C)C(=O)NC1CCCCCC1. The molecule has 1 aliphatic heterocycles. The molecule has 152 valence electrons. The second-order valence-electron chi connectivity index (χ2n) is 8.65. The molecule has 6 nitrogen and oxygen atoms in total. The molecule has 0 radical (unpaired) electrons. The summed E-state index contributed by atoms with van der Waals surface area (Å²) in [7, 11) is 0. The number of fused-ring (bicyclic) bond motifs is 3. The number of carbonyl (C=O) groups is 2. The third kappa shape index (κ3) is 3.03. The van der Waals surface area contributed by atoms with E-state index in [1.165, 1.54) is 12.8 Å². The summed E-state index contributed by atoms with van der Waals surface area (Å²) in [5.41, 5.74) is 1.26. The molecule has 2 aromatic heterocycles. The van der Waals surface area contributed by atoms with Gasteiger partial charge in [-0.1, -0.05) is 32.6 Å². The molecule has 1 saturated carbocycles. The first-order valence-electron chi connectivity index (χ1n) is 10.7. The van der Waals surface area contributed by atoms with Crippen LogP contribution in [-0.4, -0.2) is 38.9 Å². The molecule has 4 rings (SSSR count). The van der Waals surface area contributed by atoms with Gasteiger partial charge in [0.1, 0.15) is 11.2 Å². The Morgan fingerprint density at radius 1 is 1.32 bits per heavy atom. The van der Waals surface area contributed by atoms with Gasteiger partial charge in [-0.05, 0) is 33.1 Å². The second-order valence-corrected chi connectivity index (χ2v) is 8.65. The van der Waals surface area contributed by atoms with Crippen LogP contribution in [0.1, 0.15) is 76.2 Å². The van der Waals surface area contributed by atoms with Crippen LogP contribution in [-0.2, 0) is 11.3 Å². The van der Waals surface area contributed by atoms with Gasteiger partial charge in [0.05, 0.1) is 18.3 Å². The summed E-state index contributed by atoms with van der Waals surface area (Å²) in [6, 6.07) is 3.86. The molecule has 2 aliphatic rings. The number of furan rings is 1. The molecule has 0 spiro atoms. The van der Waals surface area contributed by atoms with E-state index in [9.17, 15) is 9.59 Å². The van der Waals surface area contributed by atoms with Crippen molar-refractivity contribution in [1.82, 2.24) is 14.8 Å². The molecule has 2 aromatic rings. The average molecular weight is 386 g/mol. The van der Waals surface area contributed by atoms with E-state index >= 15 is 0 Å². The van der Waals surface area contributed by atoms with Crippen LogP contribution in [0.25, 0.3) is 11.1 Å². The third-order valence-corrected chi connectivity index (χ3v) is 6.67. The van der Waals surface area contributed by atoms with Crippen molar-refractivity contribution in [1.29, 1.82) is 0 Å². The Kier molecular flexibility index (Phi) is 4.98. The van der Waals surface area contributed by atoms with E-state index in [-0.39, 0.29) is 23.9 Å². The predicted molar refractivity (Wildman–Crippen MR) is 108 cm³/mol. The number of rotatable bonds is 4. The molecule has 0 bridgehead atoms. The zero-order chi connectivity index (χ0) is 19.9. The molecule has 0 aromatic carbocycles. The smallest absolute Gasteiger partial charge is 0.271 e. The van der Waals surface area contributed by atoms with Crippen molar-refractivity contribution in [3.8, 4) is 0 Å². The molecular formula is C22H31N3O3. The highest BCUT2D eigenvalue weighted by molar-refractivity contribution is 6.03. The van der Waals surface area contributed by atoms with Crippen LogP contribution in [0.15, 0.2) is 22.8 Å². The first-order valence-corrected chi connectivity index (χ1v) is 10.7. The van der Waals surface area contributed by atoms with Crippen LogP contribution in [0.2, 0.25) is 0 Å². The lowest BCUT2D eigenvalue weighted by molar-refractivity contribution is -0.135. The summed E-state index contributed by atoms with van der Waals surface area (Å²) in [6.07, 6.45) is 9.29. The summed E-state index contributed by atoms with van der Waals surface area (Å²) in [4.78, 5) is 28.8. The largest absolute Gasteiger partial charge is 0.463 e. The van der Waals surface area contributed by atoms with Gasteiger partial charge in [-0.15, -0.1) is 0 Å². The Labute approximate surface area is 166 Å². The van der Waals surface area contributed by atoms with Gasteiger partial charge in [0.25, 0.3) is 5.91 Å². The van der Waals surface area contributed by atoms with Gasteiger partial charge in [-0.3, -0.25) is 9.59 Å². The highest BCUT2D eigenvalue weighted by Gasteiger charge is 2.49. The van der Waals surface area contributed by atoms with Crippen LogP contribution < -0.4 is 5.32 Å². The molecule has 0 unspecified atom stereocenters. The van der Waals surface area contributed by atoms with Crippen molar-refractivity contribution < 1.29 is 14.0 Å². The van der Waals surface area contributed by atoms with E-state index in [0.717, 1.165) is 37.6 Å². The van der Waals surface area contributed by atoms with Crippen molar-refractivity contribution in [2.45, 2.75) is 89.9 Å². The molecule has 1 aliphatic carbocycles. The summed E-state index contributed by atoms with van der Waals surface area (Å²) in [5, 5.41) is 3.29. The van der Waals surface area contributed by atoms with Crippen molar-refractivity contribution >= 4 is 22.9 Å². The zero-order valence-corrected chi connectivity index (χ0v) is 17.2. The lowest BCUT2D eigenvalue weighted by Crippen LogP contribution is -2.66. The van der Waals surface area contributed by atoms with E-state index in [0.29, 0.717) is 17.8 Å². The number of amides is 2. The van der Waals surface area contributed by atoms with Crippen LogP contribution in [0.3, 0.4) is 0 Å². The fraction of sp³-hybridized carbons (Fsp3) is 0.636. The number of hydrogen-bond donors (Lipinski definition) is 1. The van der Waals surface area contributed by atoms with Gasteiger partial charge < -0.3 is 19.2 Å². The molecule has 28 heavy (non-hydrogen) atoms. The van der Waals surface area contributed by atoms with E-state index in [1.54, 1.807) is 17.2 Å². The molecule has 2 amide bonds. The molecule has 0 saturated heterocycles. The molecule has 2 atom stereocenters. The highest BCUT2D eigenvalue weighted by atomic mass is 16.3. The lowest BCUT2D eigenvalue weighted by Gasteiger charge is -2.47. The Balaban J connectivity index is 1.70. The standard InChI is InChI=1S/C22H31N3O3/c1-4-15(2)25-20(26)18-13-19-17(11-12-28-19)24(18)14-22(25,3)21(27)23-16-9-7-5-6-8-10-16/h11-13,15-16H,4-10,14H2,1-3H3,(H,23,27)/t15-,22+/m1/s1. The number of carbonyl (C=O) groups excluding carboxylic acids is 2. The van der Waals surface area contributed by atoms with Crippen LogP contribution in [0.5, 0.6) is 0 Å². The minimum Gasteiger partial charge on any atom is -0.463 e. The monoisotopic (exact) mass is 385 g/mol. The first kappa shape index (κ1) is 19.1. The first-order chi connectivity index (χ1) is 13.5. The molecule has 1 N–H and O–H groups in total. The van der Waals surface area contributed by atoms with E-state index < -0.39 is 5.54 Å². The number of hydrogen-bond acceptors (Lipinski definition) is 3. The van der Waals surface area contributed by atoms with Gasteiger partial charge in [0, 0.05) is 24.2 Å². The van der Waals surface area contributed by atoms with E-state index in [2.05, 4.69) is 12.2 Å². The summed E-state index contributed by atoms with van der Waals surface area (Å²) in [5.74, 6) is -0.130. The fourth-order valence-electron chi connectivity index (χ4n) is 4.87. The highest BCUT2D eigenvalue weighted by Crippen LogP contribution is 2.35. The van der Waals surface area contributed by atoms with Gasteiger partial charge >= 0.3 is 0 Å². The zero-order valence-electron chi connectivity index (χ0n) is 17.2. The van der Waals surface area contributed by atoms with E-state index in [1.807, 2.05) is 24.5 Å². The van der Waals surface area contributed by atoms with Gasteiger partial charge in [-0.2, -0.15) is 0 Å². The minimum atomic E-state index is -0.922. The molecular weight excluding hydrogens is 354 g/mol. The molecule has 3 heterocycles. The maximum absolute atomic E-state index is 13.5. The number of nitrogens with one attached hydrogen (secondary N) is 1. The Hall–Kier alpha value is -2.24. The maximum atomic E-state index is 13.5. The second kappa shape index (κ2) is 7.30. The minimum absolute atomic E-state index is 0.0210. The summed E-state index contributed by atoms with van der Waals surface area (Å²) >= 11 is 0. The quantitative estimate of drug-likeness (QED) is 0.806. The summed E-state index contributed by atoms with van der Waals surface area (Å²) in [6.45, 7) is 6.44. The fourth-order valence-corrected chi connectivity index (χ4v) is 4.87. The molecule has 6 heteroatoms. The van der Waals surface area contributed by atoms with Crippen molar-refractivity contribution in [3.63, 3.8) is 0 Å². The van der Waals surface area contributed by atoms with Crippen molar-refractivity contribution in [2.75, 3.05) is 0 Å². The van der Waals surface area contributed by atoms with Gasteiger partial charge in [0.2, 0.25) is 5.91 Å². The van der Waals surface area contributed by atoms with Gasteiger partial charge in [0.15, 0.2) is 5.58 Å². The number of aromatic nitrogens is 1. The Morgan fingerprint density at radius 3 is 2.71 bits per heavy atom. The normalized spacial score (nSPS) is 24.8. The predicted octanol–water partition coefficient (Wildman–Crippen LogP) is 4.09. The maximum Gasteiger partial charge on any atom is 0.271 e. The third-order valence-electron chi connectivity index (χ3n) is 6.67.